The van der Waals surface area contributed by atoms with Crippen LogP contribution in [0.4, 0.5) is 13.2 Å². The second-order valence-electron chi connectivity index (χ2n) is 5.15. The van der Waals surface area contributed by atoms with Crippen LogP contribution < -0.4 is 10.1 Å². The Bertz CT molecular complexity index is 516. The lowest BCUT2D eigenvalue weighted by Crippen LogP contribution is -2.44. The first-order valence-corrected chi connectivity index (χ1v) is 8.24. The van der Waals surface area contributed by atoms with Crippen molar-refractivity contribution in [2.45, 2.75) is 38.1 Å². The Labute approximate surface area is 131 Å². The van der Waals surface area contributed by atoms with Gasteiger partial charge in [-0.15, -0.1) is 0 Å². The molecule has 2 rings (SSSR count). The largest absolute Gasteiger partial charge is 0.480 e. The summed E-state index contributed by atoms with van der Waals surface area (Å²) in [4.78, 5) is 12.1. The average Bonchev–Trinajstić information content (AvgIpc) is 2.47. The molecule has 1 aromatic carbocycles. The van der Waals surface area contributed by atoms with Crippen molar-refractivity contribution in [3.63, 3.8) is 0 Å². The number of benzene rings is 1. The van der Waals surface area contributed by atoms with E-state index in [4.69, 9.17) is 4.74 Å². The highest BCUT2D eigenvalue weighted by molar-refractivity contribution is 7.99. The predicted octanol–water partition coefficient (Wildman–Crippen LogP) is 3.48. The lowest BCUT2D eigenvalue weighted by Gasteiger charge is -2.25. The Hall–Kier alpha value is -1.37. The third-order valence-electron chi connectivity index (χ3n) is 3.43. The van der Waals surface area contributed by atoms with Crippen molar-refractivity contribution in [3.8, 4) is 5.75 Å². The quantitative estimate of drug-likeness (QED) is 0.917. The molecule has 1 amide bonds. The zero-order chi connectivity index (χ0) is 16.2. The van der Waals surface area contributed by atoms with Gasteiger partial charge in [0.25, 0.3) is 5.91 Å². The first-order valence-electron chi connectivity index (χ1n) is 7.09. The molecule has 1 fully saturated rings. The number of para-hydroxylation sites is 1. The van der Waals surface area contributed by atoms with Crippen LogP contribution in [0.2, 0.25) is 0 Å². The van der Waals surface area contributed by atoms with Crippen LogP contribution in [0.1, 0.15) is 25.3 Å². The van der Waals surface area contributed by atoms with Gasteiger partial charge in [0.1, 0.15) is 5.75 Å². The number of ether oxygens (including phenoxy) is 1. The molecule has 1 atom stereocenters. The summed E-state index contributed by atoms with van der Waals surface area (Å²) in [7, 11) is 0. The monoisotopic (exact) mass is 333 g/mol. The molecule has 0 spiro atoms. The minimum absolute atomic E-state index is 0.0812. The number of carbonyl (C=O) groups is 1. The van der Waals surface area contributed by atoms with Crippen LogP contribution in [0.3, 0.4) is 0 Å². The fraction of sp³-hybridized carbons (Fsp3) is 0.533. The van der Waals surface area contributed by atoms with Gasteiger partial charge < -0.3 is 10.1 Å². The standard InChI is InChI=1S/C15H18F3NO2S/c1-10(14(20)19-11-6-8-22-9-7-11)21-13-5-3-2-4-12(13)15(16,17)18/h2-5,10-11H,6-9H2,1H3,(H,19,20). The Morgan fingerprint density at radius 2 is 1.95 bits per heavy atom. The van der Waals surface area contributed by atoms with Crippen molar-refractivity contribution in [1.82, 2.24) is 5.32 Å². The van der Waals surface area contributed by atoms with Gasteiger partial charge in [-0.1, -0.05) is 12.1 Å². The van der Waals surface area contributed by atoms with Crippen molar-refractivity contribution in [3.05, 3.63) is 29.8 Å². The highest BCUT2D eigenvalue weighted by Crippen LogP contribution is 2.36. The molecule has 0 aliphatic carbocycles. The molecule has 7 heteroatoms. The maximum absolute atomic E-state index is 12.9. The number of halogens is 3. The van der Waals surface area contributed by atoms with Gasteiger partial charge in [0, 0.05) is 6.04 Å². The lowest BCUT2D eigenvalue weighted by molar-refractivity contribution is -0.140. The molecular weight excluding hydrogens is 315 g/mol. The fourth-order valence-corrected chi connectivity index (χ4v) is 3.31. The predicted molar refractivity (Wildman–Crippen MR) is 80.0 cm³/mol. The second kappa shape index (κ2) is 7.26. The molecule has 1 unspecified atom stereocenters. The van der Waals surface area contributed by atoms with Gasteiger partial charge in [0.05, 0.1) is 5.56 Å². The number of hydrogen-bond acceptors (Lipinski definition) is 3. The fourth-order valence-electron chi connectivity index (χ4n) is 2.21. The Morgan fingerprint density at radius 3 is 2.59 bits per heavy atom. The SMILES string of the molecule is CC(Oc1ccccc1C(F)(F)F)C(=O)NC1CCSCC1. The first kappa shape index (κ1) is 17.0. The molecule has 1 aliphatic heterocycles. The number of thioether (sulfide) groups is 1. The summed E-state index contributed by atoms with van der Waals surface area (Å²) in [5.41, 5.74) is -0.872. The van der Waals surface area contributed by atoms with E-state index in [0.717, 1.165) is 30.4 Å². The topological polar surface area (TPSA) is 38.3 Å². The van der Waals surface area contributed by atoms with Gasteiger partial charge in [-0.25, -0.2) is 0 Å². The van der Waals surface area contributed by atoms with Gasteiger partial charge in [-0.3, -0.25) is 4.79 Å². The molecular formula is C15H18F3NO2S. The zero-order valence-corrected chi connectivity index (χ0v) is 13.0. The molecule has 22 heavy (non-hydrogen) atoms. The molecule has 0 aromatic heterocycles. The van der Waals surface area contributed by atoms with E-state index in [1.807, 2.05) is 11.8 Å². The highest BCUT2D eigenvalue weighted by atomic mass is 32.2. The summed E-state index contributed by atoms with van der Waals surface area (Å²) in [5.74, 6) is 1.26. The van der Waals surface area contributed by atoms with Crippen LogP contribution in [-0.4, -0.2) is 29.6 Å². The molecule has 1 heterocycles. The molecule has 0 bridgehead atoms. The molecule has 122 valence electrons. The van der Waals surface area contributed by atoms with E-state index in [-0.39, 0.29) is 17.7 Å². The van der Waals surface area contributed by atoms with Gasteiger partial charge in [-0.05, 0) is 43.4 Å². The third kappa shape index (κ3) is 4.56. The molecule has 0 saturated carbocycles. The molecule has 1 N–H and O–H groups in total. The summed E-state index contributed by atoms with van der Waals surface area (Å²) in [6.45, 7) is 1.46. The summed E-state index contributed by atoms with van der Waals surface area (Å²) < 4.78 is 43.9. The van der Waals surface area contributed by atoms with E-state index in [1.165, 1.54) is 25.1 Å². The minimum atomic E-state index is -4.51. The summed E-state index contributed by atoms with van der Waals surface area (Å²) in [5, 5.41) is 2.84. The van der Waals surface area contributed by atoms with E-state index < -0.39 is 17.8 Å². The Balaban J connectivity index is 1.99. The van der Waals surface area contributed by atoms with Crippen LogP contribution in [0.25, 0.3) is 0 Å². The minimum Gasteiger partial charge on any atom is -0.480 e. The van der Waals surface area contributed by atoms with Gasteiger partial charge in [0.2, 0.25) is 0 Å². The molecule has 0 radical (unpaired) electrons. The first-order chi connectivity index (χ1) is 10.4. The number of alkyl halides is 3. The normalized spacial score (nSPS) is 17.8. The lowest BCUT2D eigenvalue weighted by atomic mass is 10.1. The Kier molecular flexibility index (Phi) is 5.61. The summed E-state index contributed by atoms with van der Waals surface area (Å²) >= 11 is 1.83. The molecule has 1 aliphatic rings. The van der Waals surface area contributed by atoms with E-state index >= 15 is 0 Å². The number of amides is 1. The van der Waals surface area contributed by atoms with Crippen molar-refractivity contribution in [2.75, 3.05) is 11.5 Å². The van der Waals surface area contributed by atoms with Crippen LogP contribution in [0.15, 0.2) is 24.3 Å². The van der Waals surface area contributed by atoms with Crippen LogP contribution >= 0.6 is 11.8 Å². The van der Waals surface area contributed by atoms with Gasteiger partial charge >= 0.3 is 6.18 Å². The number of rotatable bonds is 4. The van der Waals surface area contributed by atoms with E-state index in [1.54, 1.807) is 0 Å². The second-order valence-corrected chi connectivity index (χ2v) is 6.37. The van der Waals surface area contributed by atoms with Crippen LogP contribution in [-0.2, 0) is 11.0 Å². The van der Waals surface area contributed by atoms with Gasteiger partial charge in [-0.2, -0.15) is 24.9 Å². The molecule has 1 saturated heterocycles. The van der Waals surface area contributed by atoms with E-state index in [9.17, 15) is 18.0 Å². The number of carbonyl (C=O) groups excluding carboxylic acids is 1. The maximum atomic E-state index is 12.9. The van der Waals surface area contributed by atoms with E-state index in [2.05, 4.69) is 5.32 Å². The summed E-state index contributed by atoms with van der Waals surface area (Å²) in [6.07, 6.45) is -3.73. The summed E-state index contributed by atoms with van der Waals surface area (Å²) in [6, 6.07) is 4.99. The van der Waals surface area contributed by atoms with Gasteiger partial charge in [0.15, 0.2) is 6.10 Å². The smallest absolute Gasteiger partial charge is 0.419 e. The number of hydrogen-bond donors (Lipinski definition) is 1. The van der Waals surface area contributed by atoms with Crippen molar-refractivity contribution in [2.24, 2.45) is 0 Å². The van der Waals surface area contributed by atoms with Crippen molar-refractivity contribution < 1.29 is 22.7 Å². The highest BCUT2D eigenvalue weighted by Gasteiger charge is 2.35. The van der Waals surface area contributed by atoms with Crippen LogP contribution in [0, 0.1) is 0 Å². The maximum Gasteiger partial charge on any atom is 0.419 e. The van der Waals surface area contributed by atoms with Crippen molar-refractivity contribution >= 4 is 17.7 Å². The molecule has 1 aromatic rings. The van der Waals surface area contributed by atoms with Crippen LogP contribution in [0.5, 0.6) is 5.75 Å². The average molecular weight is 333 g/mol. The molecule has 3 nitrogen and oxygen atoms in total. The Morgan fingerprint density at radius 1 is 1.32 bits per heavy atom. The third-order valence-corrected chi connectivity index (χ3v) is 4.48. The van der Waals surface area contributed by atoms with Crippen molar-refractivity contribution in [1.29, 1.82) is 0 Å². The van der Waals surface area contributed by atoms with E-state index in [0.29, 0.717) is 0 Å². The number of nitrogens with one attached hydrogen (secondary N) is 1. The zero-order valence-electron chi connectivity index (χ0n) is 12.2.